The van der Waals surface area contributed by atoms with E-state index in [4.69, 9.17) is 13.9 Å². The molecule has 0 aromatic heterocycles. The lowest BCUT2D eigenvalue weighted by molar-refractivity contribution is -0.0968. The average Bonchev–Trinajstić information content (AvgIpc) is 2.63. The zero-order valence-corrected chi connectivity index (χ0v) is 21.7. The topological polar surface area (TPSA) is 47.9 Å². The van der Waals surface area contributed by atoms with Crippen LogP contribution in [0.15, 0.2) is 23.8 Å². The Bertz CT molecular complexity index is 650. The van der Waals surface area contributed by atoms with Gasteiger partial charge in [-0.25, -0.2) is 0 Å². The largest absolute Gasteiger partial charge is 0.416 e. The number of methoxy groups -OCH3 is 1. The van der Waals surface area contributed by atoms with E-state index in [0.29, 0.717) is 13.0 Å². The summed E-state index contributed by atoms with van der Waals surface area (Å²) < 4.78 is 17.3. The number of rotatable bonds is 9. The SMILES string of the molecule is C=C(C)[C@@H]1CC(C)=C[C@@H](OCOC)C1[C@@H](C)C(O)C#CCCO[Si](C)(C)C(C)(C)C. The Kier molecular flexibility index (Phi) is 10.5. The molecule has 0 radical (unpaired) electrons. The number of hydrogen-bond donors (Lipinski definition) is 1. The van der Waals surface area contributed by atoms with E-state index in [2.05, 4.69) is 79.1 Å². The molecular weight excluding hydrogens is 392 g/mol. The molecule has 1 rings (SSSR count). The standard InChI is InChI=1S/C25H44O4Si/c1-18(2)21-15-19(3)16-23(28-17-27-8)24(21)20(4)22(26)13-11-12-14-29-30(9,10)25(5,6)7/h16,20-24,26H,1,12,14-15,17H2,2-10H3/t20-,21-,22?,23+,24?/m0/s1. The van der Waals surface area contributed by atoms with Gasteiger partial charge in [0.2, 0.25) is 0 Å². The summed E-state index contributed by atoms with van der Waals surface area (Å²) in [6, 6.07) is 0. The third-order valence-corrected chi connectivity index (χ3v) is 11.2. The molecule has 1 aliphatic rings. The Morgan fingerprint density at radius 1 is 1.37 bits per heavy atom. The summed E-state index contributed by atoms with van der Waals surface area (Å²) in [5, 5.41) is 11.0. The Labute approximate surface area is 186 Å². The minimum absolute atomic E-state index is 0.0493. The van der Waals surface area contributed by atoms with Crippen LogP contribution < -0.4 is 0 Å². The summed E-state index contributed by atoms with van der Waals surface area (Å²) in [6.45, 7) is 22.5. The van der Waals surface area contributed by atoms with Crippen molar-refractivity contribution in [2.75, 3.05) is 20.5 Å². The lowest BCUT2D eigenvalue weighted by Gasteiger charge is -2.41. The number of aliphatic hydroxyl groups is 1. The van der Waals surface area contributed by atoms with Crippen molar-refractivity contribution in [3.8, 4) is 11.8 Å². The maximum Gasteiger partial charge on any atom is 0.192 e. The molecule has 0 aromatic carbocycles. The average molecular weight is 437 g/mol. The third-order valence-electron chi connectivity index (χ3n) is 6.70. The van der Waals surface area contributed by atoms with Gasteiger partial charge in [0.15, 0.2) is 8.32 Å². The third kappa shape index (κ3) is 7.66. The fraction of sp³-hybridized carbons (Fsp3) is 0.760. The zero-order chi connectivity index (χ0) is 23.1. The zero-order valence-electron chi connectivity index (χ0n) is 20.7. The lowest BCUT2D eigenvalue weighted by Crippen LogP contribution is -2.41. The highest BCUT2D eigenvalue weighted by Crippen LogP contribution is 2.41. The molecule has 5 heteroatoms. The minimum atomic E-state index is -1.76. The second-order valence-electron chi connectivity index (χ2n) is 10.3. The molecule has 0 bridgehead atoms. The van der Waals surface area contributed by atoms with Crippen molar-refractivity contribution in [3.63, 3.8) is 0 Å². The van der Waals surface area contributed by atoms with Crippen molar-refractivity contribution in [2.45, 2.75) is 84.7 Å². The van der Waals surface area contributed by atoms with E-state index in [9.17, 15) is 5.11 Å². The smallest absolute Gasteiger partial charge is 0.192 e. The van der Waals surface area contributed by atoms with E-state index >= 15 is 0 Å². The summed E-state index contributed by atoms with van der Waals surface area (Å²) in [7, 11) is -0.131. The molecule has 5 atom stereocenters. The fourth-order valence-electron chi connectivity index (χ4n) is 3.74. The van der Waals surface area contributed by atoms with Gasteiger partial charge in [-0.3, -0.25) is 0 Å². The van der Waals surface area contributed by atoms with Crippen LogP contribution in [-0.4, -0.2) is 46.1 Å². The summed E-state index contributed by atoms with van der Waals surface area (Å²) in [5.41, 5.74) is 2.41. The molecule has 0 saturated heterocycles. The van der Waals surface area contributed by atoms with Crippen LogP contribution in [0.3, 0.4) is 0 Å². The minimum Gasteiger partial charge on any atom is -0.416 e. The van der Waals surface area contributed by atoms with Gasteiger partial charge in [0, 0.05) is 26.1 Å². The molecule has 1 N–H and O–H groups in total. The van der Waals surface area contributed by atoms with Crippen molar-refractivity contribution in [1.29, 1.82) is 0 Å². The Morgan fingerprint density at radius 2 is 2.00 bits per heavy atom. The first-order chi connectivity index (χ1) is 13.8. The first-order valence-electron chi connectivity index (χ1n) is 11.1. The predicted molar refractivity (Wildman–Crippen MR) is 128 cm³/mol. The van der Waals surface area contributed by atoms with Crippen LogP contribution in [0.25, 0.3) is 0 Å². The molecule has 30 heavy (non-hydrogen) atoms. The van der Waals surface area contributed by atoms with Crippen LogP contribution in [-0.2, 0) is 13.9 Å². The van der Waals surface area contributed by atoms with Crippen LogP contribution in [0, 0.1) is 29.6 Å². The van der Waals surface area contributed by atoms with Gasteiger partial charge < -0.3 is 19.0 Å². The molecule has 0 aromatic rings. The maximum absolute atomic E-state index is 10.8. The first kappa shape index (κ1) is 27.1. The van der Waals surface area contributed by atoms with Gasteiger partial charge in [-0.1, -0.05) is 63.3 Å². The summed E-state index contributed by atoms with van der Waals surface area (Å²) >= 11 is 0. The van der Waals surface area contributed by atoms with Crippen molar-refractivity contribution < 1.29 is 19.0 Å². The summed E-state index contributed by atoms with van der Waals surface area (Å²) in [4.78, 5) is 0. The van der Waals surface area contributed by atoms with E-state index < -0.39 is 14.4 Å². The van der Waals surface area contributed by atoms with Gasteiger partial charge >= 0.3 is 0 Å². The molecule has 1 aliphatic carbocycles. The molecular formula is C25H44O4Si. The van der Waals surface area contributed by atoms with Gasteiger partial charge in [0.25, 0.3) is 0 Å². The maximum atomic E-state index is 10.8. The molecule has 0 heterocycles. The molecule has 2 unspecified atom stereocenters. The Hall–Kier alpha value is -0.903. The van der Waals surface area contributed by atoms with Crippen LogP contribution in [0.5, 0.6) is 0 Å². The first-order valence-corrected chi connectivity index (χ1v) is 14.0. The van der Waals surface area contributed by atoms with Gasteiger partial charge in [-0.2, -0.15) is 0 Å². The van der Waals surface area contributed by atoms with Crippen LogP contribution >= 0.6 is 0 Å². The van der Waals surface area contributed by atoms with Crippen molar-refractivity contribution in [3.05, 3.63) is 23.8 Å². The quantitative estimate of drug-likeness (QED) is 0.169. The van der Waals surface area contributed by atoms with Crippen LogP contribution in [0.4, 0.5) is 0 Å². The number of ether oxygens (including phenoxy) is 2. The van der Waals surface area contributed by atoms with Gasteiger partial charge in [-0.15, -0.1) is 0 Å². The van der Waals surface area contributed by atoms with Crippen molar-refractivity contribution >= 4 is 8.32 Å². The molecule has 0 amide bonds. The second-order valence-corrected chi connectivity index (χ2v) is 15.1. The second kappa shape index (κ2) is 11.6. The molecule has 0 saturated carbocycles. The van der Waals surface area contributed by atoms with Crippen LogP contribution in [0.2, 0.25) is 18.1 Å². The molecule has 172 valence electrons. The predicted octanol–water partition coefficient (Wildman–Crippen LogP) is 5.55. The van der Waals surface area contributed by atoms with E-state index in [1.165, 1.54) is 5.57 Å². The molecule has 0 fully saturated rings. The van der Waals surface area contributed by atoms with E-state index in [1.54, 1.807) is 7.11 Å². The number of aliphatic hydroxyl groups excluding tert-OH is 1. The fourth-order valence-corrected chi connectivity index (χ4v) is 4.78. The molecule has 0 spiro atoms. The van der Waals surface area contributed by atoms with E-state index in [-0.39, 0.29) is 35.7 Å². The van der Waals surface area contributed by atoms with Gasteiger partial charge in [-0.05, 0) is 50.2 Å². The molecule has 0 aliphatic heterocycles. The number of allylic oxidation sites excluding steroid dienone is 2. The summed E-state index contributed by atoms with van der Waals surface area (Å²) in [6.07, 6.45) is 2.90. The van der Waals surface area contributed by atoms with Gasteiger partial charge in [0.1, 0.15) is 12.9 Å². The normalized spacial score (nSPS) is 24.5. The summed E-state index contributed by atoms with van der Waals surface area (Å²) in [5.74, 6) is 6.50. The number of hydrogen-bond acceptors (Lipinski definition) is 4. The highest BCUT2D eigenvalue weighted by molar-refractivity contribution is 6.74. The van der Waals surface area contributed by atoms with E-state index in [1.807, 2.05) is 0 Å². The van der Waals surface area contributed by atoms with Gasteiger partial charge in [0.05, 0.1) is 6.10 Å². The van der Waals surface area contributed by atoms with Crippen molar-refractivity contribution in [1.82, 2.24) is 0 Å². The Morgan fingerprint density at radius 3 is 2.53 bits per heavy atom. The van der Waals surface area contributed by atoms with Crippen molar-refractivity contribution in [2.24, 2.45) is 17.8 Å². The Balaban J connectivity index is 2.82. The van der Waals surface area contributed by atoms with Crippen LogP contribution in [0.1, 0.15) is 54.4 Å². The lowest BCUT2D eigenvalue weighted by atomic mass is 9.68. The monoisotopic (exact) mass is 436 g/mol. The highest BCUT2D eigenvalue weighted by atomic mass is 28.4. The highest BCUT2D eigenvalue weighted by Gasteiger charge is 2.39. The molecule has 4 nitrogen and oxygen atoms in total. The van der Waals surface area contributed by atoms with E-state index in [0.717, 1.165) is 12.0 Å².